The summed E-state index contributed by atoms with van der Waals surface area (Å²) in [6, 6.07) is 12.5. The molecule has 2 heterocycles. The summed E-state index contributed by atoms with van der Waals surface area (Å²) in [6.07, 6.45) is 2.24. The highest BCUT2D eigenvalue weighted by atomic mass is 35.5. The third kappa shape index (κ3) is 4.93. The Morgan fingerprint density at radius 2 is 1.48 bits per heavy atom. The Hall–Kier alpha value is -1.65. The number of carbonyl (C=O) groups is 1. The van der Waals surface area contributed by atoms with Gasteiger partial charge in [-0.05, 0) is 49.9 Å². The van der Waals surface area contributed by atoms with Crippen LogP contribution in [0.25, 0.3) is 0 Å². The first-order valence-corrected chi connectivity index (χ1v) is 14.4. The van der Waals surface area contributed by atoms with Crippen LogP contribution in [0, 0.1) is 0 Å². The fourth-order valence-electron chi connectivity index (χ4n) is 4.82. The summed E-state index contributed by atoms with van der Waals surface area (Å²) in [4.78, 5) is 14.8. The average Bonchev–Trinajstić information content (AvgIpc) is 3.03. The molecule has 0 saturated carbocycles. The fourth-order valence-corrected chi connectivity index (χ4v) is 8.87. The molecule has 2 aliphatic rings. The summed E-state index contributed by atoms with van der Waals surface area (Å²) in [6.45, 7) is -0.107. The number of carbonyl (C=O) groups excluding carboxylic acids is 1. The molecule has 2 aliphatic heterocycles. The van der Waals surface area contributed by atoms with Crippen molar-refractivity contribution in [3.05, 3.63) is 58.6 Å². The molecule has 2 bridgehead atoms. The van der Waals surface area contributed by atoms with E-state index in [4.69, 9.17) is 23.2 Å². The molecule has 0 radical (unpaired) electrons. The maximum atomic E-state index is 13.1. The summed E-state index contributed by atoms with van der Waals surface area (Å²) in [5.41, 5.74) is 0. The van der Waals surface area contributed by atoms with Gasteiger partial charge in [-0.25, -0.2) is 21.6 Å². The minimum Gasteiger partial charge on any atom is -0.337 e. The van der Waals surface area contributed by atoms with Gasteiger partial charge in [0.2, 0.25) is 15.9 Å². The quantitative estimate of drug-likeness (QED) is 0.588. The maximum Gasteiger partial charge on any atom is 0.243 e. The van der Waals surface area contributed by atoms with Crippen molar-refractivity contribution in [1.82, 2.24) is 9.62 Å². The molecule has 2 atom stereocenters. The average molecular weight is 531 g/mol. The highest BCUT2D eigenvalue weighted by molar-refractivity contribution is 7.92. The second-order valence-electron chi connectivity index (χ2n) is 8.34. The lowest BCUT2D eigenvalue weighted by Crippen LogP contribution is -2.50. The van der Waals surface area contributed by atoms with Crippen LogP contribution in [0.15, 0.2) is 58.3 Å². The van der Waals surface area contributed by atoms with Crippen molar-refractivity contribution in [2.24, 2.45) is 0 Å². The van der Waals surface area contributed by atoms with E-state index in [1.165, 1.54) is 12.1 Å². The Morgan fingerprint density at radius 3 is 2.06 bits per heavy atom. The zero-order valence-corrected chi connectivity index (χ0v) is 20.8. The number of hydrogen-bond acceptors (Lipinski definition) is 5. The lowest BCUT2D eigenvalue weighted by atomic mass is 10.0. The first-order valence-electron chi connectivity index (χ1n) is 10.6. The van der Waals surface area contributed by atoms with Gasteiger partial charge in [-0.2, -0.15) is 0 Å². The third-order valence-corrected chi connectivity index (χ3v) is 10.9. The Balaban J connectivity index is 1.39. The Morgan fingerprint density at radius 1 is 0.909 bits per heavy atom. The molecule has 0 aromatic heterocycles. The van der Waals surface area contributed by atoms with E-state index in [9.17, 15) is 21.6 Å². The third-order valence-electron chi connectivity index (χ3n) is 6.31. The molecule has 2 unspecified atom stereocenters. The molecule has 2 aromatic rings. The summed E-state index contributed by atoms with van der Waals surface area (Å²) in [7, 11) is -7.45. The van der Waals surface area contributed by atoms with Crippen LogP contribution in [0.1, 0.15) is 32.1 Å². The van der Waals surface area contributed by atoms with Crippen molar-refractivity contribution in [2.45, 2.75) is 59.2 Å². The van der Waals surface area contributed by atoms with Crippen LogP contribution < -0.4 is 4.72 Å². The number of benzene rings is 2. The minimum absolute atomic E-state index is 0.000990. The van der Waals surface area contributed by atoms with E-state index >= 15 is 0 Å². The van der Waals surface area contributed by atoms with Crippen LogP contribution in [-0.4, -0.2) is 51.5 Å². The van der Waals surface area contributed by atoms with Gasteiger partial charge in [-0.1, -0.05) is 47.5 Å². The minimum atomic E-state index is -3.98. The number of halogens is 2. The molecule has 2 saturated heterocycles. The van der Waals surface area contributed by atoms with Crippen LogP contribution in [0.3, 0.4) is 0 Å². The fraction of sp³-hybridized carbons (Fsp3) is 0.409. The number of sulfone groups is 1. The smallest absolute Gasteiger partial charge is 0.243 e. The number of sulfonamides is 1. The molecule has 0 aliphatic carbocycles. The molecule has 4 rings (SSSR count). The summed E-state index contributed by atoms with van der Waals surface area (Å²) in [5, 5.41) is -0.524. The van der Waals surface area contributed by atoms with Gasteiger partial charge in [0, 0.05) is 25.0 Å². The van der Waals surface area contributed by atoms with Crippen molar-refractivity contribution in [2.75, 3.05) is 6.54 Å². The Bertz CT molecular complexity index is 1220. The number of rotatable bonds is 7. The normalized spacial score (nSPS) is 23.0. The lowest BCUT2D eigenvalue weighted by molar-refractivity contribution is -0.135. The highest BCUT2D eigenvalue weighted by Gasteiger charge is 2.46. The molecule has 2 fully saturated rings. The largest absolute Gasteiger partial charge is 0.337 e. The zero-order chi connectivity index (χ0) is 23.8. The van der Waals surface area contributed by atoms with E-state index in [2.05, 4.69) is 4.72 Å². The predicted molar refractivity (Wildman–Crippen MR) is 127 cm³/mol. The van der Waals surface area contributed by atoms with E-state index in [0.29, 0.717) is 17.7 Å². The van der Waals surface area contributed by atoms with E-state index in [1.54, 1.807) is 41.3 Å². The molecule has 178 valence electrons. The second kappa shape index (κ2) is 9.54. The summed E-state index contributed by atoms with van der Waals surface area (Å²) < 4.78 is 53.7. The Kier molecular flexibility index (Phi) is 7.08. The summed E-state index contributed by atoms with van der Waals surface area (Å²) >= 11 is 12.0. The first-order chi connectivity index (χ1) is 15.6. The van der Waals surface area contributed by atoms with Gasteiger partial charge in [0.15, 0.2) is 9.84 Å². The molecule has 11 heteroatoms. The van der Waals surface area contributed by atoms with Crippen molar-refractivity contribution in [3.8, 4) is 0 Å². The standard InChI is InChI=1S/C22H24Cl2N2O5S2/c23-19-7-4-8-20(24)22(19)33(30,31)25-12-11-21(27)26-15-9-10-16(26)14-18(13-15)32(28,29)17-5-2-1-3-6-17/h1-8,15-16,18,25H,9-14H2. The maximum absolute atomic E-state index is 13.1. The van der Waals surface area contributed by atoms with Crippen molar-refractivity contribution < 1.29 is 21.6 Å². The molecule has 0 spiro atoms. The lowest BCUT2D eigenvalue weighted by Gasteiger charge is -2.38. The van der Waals surface area contributed by atoms with E-state index < -0.39 is 25.1 Å². The van der Waals surface area contributed by atoms with Crippen LogP contribution in [0.5, 0.6) is 0 Å². The van der Waals surface area contributed by atoms with Crippen molar-refractivity contribution >= 4 is 49.0 Å². The summed E-state index contributed by atoms with van der Waals surface area (Å²) in [5.74, 6) is -0.189. The number of amides is 1. The van der Waals surface area contributed by atoms with E-state index in [1.807, 2.05) is 0 Å². The number of hydrogen-bond donors (Lipinski definition) is 1. The van der Waals surface area contributed by atoms with Gasteiger partial charge in [0.05, 0.1) is 20.2 Å². The van der Waals surface area contributed by atoms with Crippen LogP contribution in [-0.2, 0) is 24.7 Å². The number of nitrogens with one attached hydrogen (secondary N) is 1. The topological polar surface area (TPSA) is 101 Å². The van der Waals surface area contributed by atoms with Crippen LogP contribution >= 0.6 is 23.2 Å². The van der Waals surface area contributed by atoms with Gasteiger partial charge in [0.25, 0.3) is 0 Å². The van der Waals surface area contributed by atoms with E-state index in [0.717, 1.165) is 12.8 Å². The molecule has 33 heavy (non-hydrogen) atoms. The number of piperidine rings is 1. The van der Waals surface area contributed by atoms with Crippen LogP contribution in [0.2, 0.25) is 10.0 Å². The van der Waals surface area contributed by atoms with Gasteiger partial charge in [-0.15, -0.1) is 0 Å². The van der Waals surface area contributed by atoms with Gasteiger partial charge >= 0.3 is 0 Å². The monoisotopic (exact) mass is 530 g/mol. The van der Waals surface area contributed by atoms with Gasteiger partial charge in [0.1, 0.15) is 4.90 Å². The molecule has 1 amide bonds. The van der Waals surface area contributed by atoms with Crippen molar-refractivity contribution in [3.63, 3.8) is 0 Å². The molecular formula is C22H24Cl2N2O5S2. The number of fused-ring (bicyclic) bond motifs is 2. The molecule has 2 aromatic carbocycles. The SMILES string of the molecule is O=C(CCNS(=O)(=O)c1c(Cl)cccc1Cl)N1C2CCC1CC(S(=O)(=O)c1ccccc1)C2. The number of nitrogens with zero attached hydrogens (tertiary/aromatic N) is 1. The second-order valence-corrected chi connectivity index (χ2v) is 13.1. The highest BCUT2D eigenvalue weighted by Crippen LogP contribution is 2.40. The molecule has 1 N–H and O–H groups in total. The Labute approximate surface area is 204 Å². The van der Waals surface area contributed by atoms with Gasteiger partial charge in [-0.3, -0.25) is 4.79 Å². The van der Waals surface area contributed by atoms with Crippen LogP contribution in [0.4, 0.5) is 0 Å². The first kappa shape index (κ1) is 24.5. The molecule has 7 nitrogen and oxygen atoms in total. The predicted octanol–water partition coefficient (Wildman–Crippen LogP) is 3.66. The zero-order valence-electron chi connectivity index (χ0n) is 17.7. The molecular weight excluding hydrogens is 507 g/mol. The van der Waals surface area contributed by atoms with Gasteiger partial charge < -0.3 is 4.90 Å². The van der Waals surface area contributed by atoms with E-state index in [-0.39, 0.29) is 45.9 Å². The van der Waals surface area contributed by atoms with Crippen molar-refractivity contribution in [1.29, 1.82) is 0 Å².